The molecular weight excluding hydrogens is 381 g/mol. The van der Waals surface area contributed by atoms with Gasteiger partial charge in [0.15, 0.2) is 4.34 Å². The number of hydrogen-bond donors (Lipinski definition) is 2. The van der Waals surface area contributed by atoms with E-state index < -0.39 is 0 Å². The molecule has 2 aromatic heterocycles. The highest BCUT2D eigenvalue weighted by atomic mass is 32.2. The third-order valence-corrected chi connectivity index (χ3v) is 5.67. The third kappa shape index (κ3) is 4.76. The molecule has 0 atom stereocenters. The van der Waals surface area contributed by atoms with Crippen LogP contribution in [-0.4, -0.2) is 21.9 Å². The molecule has 0 aliphatic carbocycles. The summed E-state index contributed by atoms with van der Waals surface area (Å²) in [5.41, 5.74) is 1.15. The first kappa shape index (κ1) is 17.3. The van der Waals surface area contributed by atoms with Crippen LogP contribution in [0.3, 0.4) is 0 Å². The first-order chi connectivity index (χ1) is 12.1. The number of nitrogens with one attached hydrogen (secondary N) is 2. The maximum Gasteiger partial charge on any atom is 0.235 e. The predicted octanol–water partition coefficient (Wildman–Crippen LogP) is 4.08. The summed E-state index contributed by atoms with van der Waals surface area (Å²) in [4.78, 5) is 12.0. The highest BCUT2D eigenvalue weighted by molar-refractivity contribution is 8.01. The van der Waals surface area contributed by atoms with Crippen molar-refractivity contribution in [3.8, 4) is 6.07 Å². The van der Waals surface area contributed by atoms with Gasteiger partial charge in [0.05, 0.1) is 11.3 Å². The summed E-state index contributed by atoms with van der Waals surface area (Å²) >= 11 is 3.85. The molecular formula is C15H10FN5OS3. The van der Waals surface area contributed by atoms with E-state index in [2.05, 4.69) is 20.8 Å². The average molecular weight is 391 g/mol. The summed E-state index contributed by atoms with van der Waals surface area (Å²) < 4.78 is 13.5. The quantitative estimate of drug-likeness (QED) is 0.615. The minimum absolute atomic E-state index is 0.161. The Kier molecular flexibility index (Phi) is 5.60. The number of halogens is 1. The summed E-state index contributed by atoms with van der Waals surface area (Å²) in [6.07, 6.45) is 0. The number of thioether (sulfide) groups is 1. The van der Waals surface area contributed by atoms with Crippen molar-refractivity contribution in [2.75, 3.05) is 16.4 Å². The number of thiophene rings is 1. The molecule has 126 valence electrons. The largest absolute Gasteiger partial charge is 0.330 e. The molecule has 3 aromatic rings. The Morgan fingerprint density at radius 1 is 1.28 bits per heavy atom. The van der Waals surface area contributed by atoms with Crippen LogP contribution in [0.25, 0.3) is 0 Å². The Morgan fingerprint density at radius 2 is 2.08 bits per heavy atom. The number of nitriles is 1. The Bertz CT molecular complexity index is 916. The molecule has 0 aliphatic rings. The van der Waals surface area contributed by atoms with Gasteiger partial charge in [0.1, 0.15) is 16.9 Å². The molecule has 0 saturated heterocycles. The zero-order valence-corrected chi connectivity index (χ0v) is 15.0. The van der Waals surface area contributed by atoms with Gasteiger partial charge in [-0.25, -0.2) is 4.39 Å². The second kappa shape index (κ2) is 8.06. The van der Waals surface area contributed by atoms with E-state index in [1.807, 2.05) is 6.07 Å². The maximum absolute atomic E-state index is 12.9. The molecule has 2 heterocycles. The van der Waals surface area contributed by atoms with Gasteiger partial charge in [-0.2, -0.15) is 5.26 Å². The van der Waals surface area contributed by atoms with Crippen molar-refractivity contribution in [2.45, 2.75) is 4.34 Å². The lowest BCUT2D eigenvalue weighted by atomic mass is 10.3. The fourth-order valence-corrected chi connectivity index (χ4v) is 4.09. The number of rotatable bonds is 6. The summed E-state index contributed by atoms with van der Waals surface area (Å²) in [6, 6.07) is 9.59. The van der Waals surface area contributed by atoms with Crippen LogP contribution >= 0.6 is 34.4 Å². The van der Waals surface area contributed by atoms with E-state index in [-0.39, 0.29) is 17.5 Å². The monoisotopic (exact) mass is 391 g/mol. The lowest BCUT2D eigenvalue weighted by Crippen LogP contribution is -2.13. The smallest absolute Gasteiger partial charge is 0.235 e. The van der Waals surface area contributed by atoms with Crippen molar-refractivity contribution in [3.05, 3.63) is 47.1 Å². The van der Waals surface area contributed by atoms with E-state index in [0.717, 1.165) is 0 Å². The van der Waals surface area contributed by atoms with E-state index in [1.165, 1.54) is 46.6 Å². The molecule has 0 spiro atoms. The standard InChI is InChI=1S/C15H10FN5OS3/c16-10-1-3-11(4-2-10)18-14-20-21-15(25-14)24-8-12(22)19-13-9(7-17)5-6-23-13/h1-6H,8H2,(H,18,20)(H,19,22). The zero-order chi connectivity index (χ0) is 17.6. The fraction of sp³-hybridized carbons (Fsp3) is 0.0667. The molecule has 2 N–H and O–H groups in total. The molecule has 1 amide bonds. The number of amides is 1. The van der Waals surface area contributed by atoms with Crippen LogP contribution in [-0.2, 0) is 4.79 Å². The Hall–Kier alpha value is -2.48. The SMILES string of the molecule is N#Cc1ccsc1NC(=O)CSc1nnc(Nc2ccc(F)cc2)s1. The van der Waals surface area contributed by atoms with Crippen LogP contribution in [0.2, 0.25) is 0 Å². The number of hydrogen-bond acceptors (Lipinski definition) is 8. The van der Waals surface area contributed by atoms with Gasteiger partial charge in [0, 0.05) is 5.69 Å². The molecule has 0 radical (unpaired) electrons. The van der Waals surface area contributed by atoms with E-state index in [4.69, 9.17) is 5.26 Å². The number of anilines is 3. The van der Waals surface area contributed by atoms with Crippen LogP contribution < -0.4 is 10.6 Å². The van der Waals surface area contributed by atoms with Crippen LogP contribution in [0.1, 0.15) is 5.56 Å². The molecule has 1 aromatic carbocycles. The van der Waals surface area contributed by atoms with Crippen molar-refractivity contribution >= 4 is 56.2 Å². The predicted molar refractivity (Wildman–Crippen MR) is 98.0 cm³/mol. The molecule has 25 heavy (non-hydrogen) atoms. The molecule has 3 rings (SSSR count). The highest BCUT2D eigenvalue weighted by Gasteiger charge is 2.11. The van der Waals surface area contributed by atoms with Crippen molar-refractivity contribution in [2.24, 2.45) is 0 Å². The van der Waals surface area contributed by atoms with Crippen molar-refractivity contribution in [3.63, 3.8) is 0 Å². The normalized spacial score (nSPS) is 10.2. The Morgan fingerprint density at radius 3 is 2.84 bits per heavy atom. The van der Waals surface area contributed by atoms with Crippen molar-refractivity contribution in [1.82, 2.24) is 10.2 Å². The Labute approximate surface area is 154 Å². The van der Waals surface area contributed by atoms with Gasteiger partial charge >= 0.3 is 0 Å². The molecule has 10 heteroatoms. The number of nitrogens with zero attached hydrogens (tertiary/aromatic N) is 3. The van der Waals surface area contributed by atoms with Crippen molar-refractivity contribution in [1.29, 1.82) is 5.26 Å². The van der Waals surface area contributed by atoms with Gasteiger partial charge in [-0.05, 0) is 35.7 Å². The van der Waals surface area contributed by atoms with Crippen LogP contribution in [0, 0.1) is 17.1 Å². The fourth-order valence-electron chi connectivity index (χ4n) is 1.76. The zero-order valence-electron chi connectivity index (χ0n) is 12.5. The molecule has 0 aliphatic heterocycles. The van der Waals surface area contributed by atoms with E-state index in [9.17, 15) is 9.18 Å². The molecule has 6 nitrogen and oxygen atoms in total. The second-order valence-electron chi connectivity index (χ2n) is 4.62. The van der Waals surface area contributed by atoms with E-state index in [0.29, 0.717) is 25.7 Å². The van der Waals surface area contributed by atoms with E-state index >= 15 is 0 Å². The molecule has 0 fully saturated rings. The summed E-state index contributed by atoms with van der Waals surface area (Å²) in [6.45, 7) is 0. The Balaban J connectivity index is 1.52. The maximum atomic E-state index is 12.9. The van der Waals surface area contributed by atoms with Gasteiger partial charge in [-0.3, -0.25) is 4.79 Å². The van der Waals surface area contributed by atoms with Crippen LogP contribution in [0.5, 0.6) is 0 Å². The van der Waals surface area contributed by atoms with Crippen molar-refractivity contribution < 1.29 is 9.18 Å². The summed E-state index contributed by atoms with van der Waals surface area (Å²) in [5.74, 6) is -0.365. The van der Waals surface area contributed by atoms with Gasteiger partial charge in [0.25, 0.3) is 0 Å². The minimum Gasteiger partial charge on any atom is -0.330 e. The van der Waals surface area contributed by atoms with E-state index in [1.54, 1.807) is 23.6 Å². The van der Waals surface area contributed by atoms with Gasteiger partial charge in [0.2, 0.25) is 11.0 Å². The molecule has 0 unspecified atom stereocenters. The highest BCUT2D eigenvalue weighted by Crippen LogP contribution is 2.28. The first-order valence-corrected chi connectivity index (χ1v) is 9.58. The van der Waals surface area contributed by atoms with Gasteiger partial charge in [-0.1, -0.05) is 23.1 Å². The minimum atomic E-state index is -0.310. The third-order valence-electron chi connectivity index (χ3n) is 2.87. The topological polar surface area (TPSA) is 90.7 Å². The lowest BCUT2D eigenvalue weighted by molar-refractivity contribution is -0.113. The van der Waals surface area contributed by atoms with Crippen LogP contribution in [0.4, 0.5) is 20.2 Å². The van der Waals surface area contributed by atoms with Crippen LogP contribution in [0.15, 0.2) is 40.1 Å². The lowest BCUT2D eigenvalue weighted by Gasteiger charge is -2.01. The summed E-state index contributed by atoms with van der Waals surface area (Å²) in [7, 11) is 0. The molecule has 0 bridgehead atoms. The van der Waals surface area contributed by atoms with Gasteiger partial charge < -0.3 is 10.6 Å². The number of carbonyl (C=O) groups is 1. The summed E-state index contributed by atoms with van der Waals surface area (Å²) in [5, 5.41) is 25.5. The van der Waals surface area contributed by atoms with Gasteiger partial charge in [-0.15, -0.1) is 21.5 Å². The number of aromatic nitrogens is 2. The first-order valence-electron chi connectivity index (χ1n) is 6.90. The molecule has 0 saturated carbocycles. The average Bonchev–Trinajstić information content (AvgIpc) is 3.24. The second-order valence-corrected chi connectivity index (χ2v) is 7.73. The number of carbonyl (C=O) groups excluding carboxylic acids is 1. The number of benzene rings is 1.